The zero-order chi connectivity index (χ0) is 78.6. The van der Waals surface area contributed by atoms with E-state index >= 15 is 0 Å². The molecule has 89 heavy (non-hydrogen) atoms. The number of nitrogens with zero attached hydrogens (tertiary/aromatic N) is 6. The molecule has 418 valence electrons. The second-order valence-electron chi connectivity index (χ2n) is 20.6. The largest absolute Gasteiger partial charge is 0.208 e. The van der Waals surface area contributed by atoms with E-state index in [9.17, 15) is 2.74 Å². The molecule has 0 bridgehead atoms. The molecule has 16 aromatic rings. The molecule has 0 aliphatic rings. The van der Waals surface area contributed by atoms with E-state index < -0.39 is 90.6 Å². The SMILES string of the molecule is [2H]c1c([2H])c([2H])c(-c2nc(-c3ccccc3)nc(-c3c([2H])c(C)c([2H])c([2H])c3-c3ccc4cc(-c5c([2H])c([2H])c6c([2H])c([2H])c([2H])c([2H])c6c5[2H])ccc4c3)n2)c([2H])c1[2H].[2H]c1cc(-c2ccc3cc(-c4ccc5ccccc5c4)ccc3c2)c(-c2nc(-c3ccccc3)nc(-c3c([2H])c([2H])c([2H])c([2H])c3[2H])n2)cc1[2H]. The van der Waals surface area contributed by atoms with Gasteiger partial charge < -0.3 is 0 Å². The van der Waals surface area contributed by atoms with Gasteiger partial charge in [-0.2, -0.15) is 0 Å². The predicted octanol–water partition coefficient (Wildman–Crippen LogP) is 21.3. The highest BCUT2D eigenvalue weighted by molar-refractivity contribution is 5.97. The highest BCUT2D eigenvalue weighted by atomic mass is 15.0. The minimum Gasteiger partial charge on any atom is -0.208 e. The van der Waals surface area contributed by atoms with Crippen LogP contribution in [0.3, 0.4) is 0 Å². The van der Waals surface area contributed by atoms with Crippen molar-refractivity contribution in [3.8, 4) is 113 Å². The molecule has 0 saturated carbocycles. The van der Waals surface area contributed by atoms with Crippen LogP contribution in [0.5, 0.6) is 0 Å². The van der Waals surface area contributed by atoms with E-state index in [1.807, 2.05) is 60.7 Å². The fourth-order valence-electron chi connectivity index (χ4n) is 10.5. The maximum absolute atomic E-state index is 9.29. The van der Waals surface area contributed by atoms with Gasteiger partial charge >= 0.3 is 0 Å². The average molecular weight is 1160 g/mol. The molecule has 0 fully saturated rings. The van der Waals surface area contributed by atoms with Gasteiger partial charge in [0.25, 0.3) is 0 Å². The molecule has 0 amide bonds. The third kappa shape index (κ3) is 11.3. The summed E-state index contributed by atoms with van der Waals surface area (Å²) >= 11 is 0. The molecule has 0 aliphatic heterocycles. The Balaban J connectivity index is 0.000000178. The lowest BCUT2D eigenvalue weighted by Gasteiger charge is -2.14. The first-order chi connectivity index (χ1) is 53.1. The van der Waals surface area contributed by atoms with Crippen LogP contribution >= 0.6 is 0 Å². The van der Waals surface area contributed by atoms with Crippen molar-refractivity contribution in [1.82, 2.24) is 29.9 Å². The van der Waals surface area contributed by atoms with E-state index in [0.717, 1.165) is 27.5 Å². The Hall–Kier alpha value is -11.9. The second-order valence-corrected chi connectivity index (χ2v) is 20.6. The normalized spacial score (nSPS) is 14.7. The molecule has 0 aliphatic carbocycles. The minimum absolute atomic E-state index is 0.00874. The van der Waals surface area contributed by atoms with Crippen LogP contribution in [0.1, 0.15) is 35.7 Å². The van der Waals surface area contributed by atoms with Crippen molar-refractivity contribution in [2.24, 2.45) is 0 Å². The first-order valence-electron chi connectivity index (χ1n) is 39.2. The summed E-state index contributed by atoms with van der Waals surface area (Å²) in [5, 5.41) is 5.20. The average Bonchev–Trinajstić information content (AvgIpc) is 0.739. The zero-order valence-electron chi connectivity index (χ0n) is 69.1. The third-order valence-electron chi connectivity index (χ3n) is 14.9. The Morgan fingerprint density at radius 1 is 0.213 bits per heavy atom. The third-order valence-corrected chi connectivity index (χ3v) is 14.9. The molecule has 0 saturated heterocycles. The van der Waals surface area contributed by atoms with Gasteiger partial charge in [-0.25, -0.2) is 29.9 Å². The Bertz CT molecular complexity index is 6590. The van der Waals surface area contributed by atoms with Gasteiger partial charge in [-0.1, -0.05) is 284 Å². The standard InChI is InChI=1S/C42H29N3.C41H27N3/c1-28-16-23-38(37-22-21-35-26-34(19-20-36(35)27-37)33-18-17-29-10-8-9-15-32(29)25-33)39(24-28)42-44-40(30-11-4-2-5-12-30)43-41(45-42)31-13-6-3-7-14-31;1-3-12-29(13-4-1)39-42-40(30-14-5-2-6-15-30)44-41(43-39)38-18-10-9-17-37(38)36-24-23-34-26-33(21-22-35(34)27-36)32-20-19-28-11-7-8-16-31(28)25-32/h2-27H,1H3;1-27H/i2D,4D,5D,8D,9D,10D,11D,12D,15D,16D,17D,18D,23D,24D,25D;1D,3D,4D,9D,10D,12D,13D. The number of benzene rings is 14. The van der Waals surface area contributed by atoms with E-state index in [0.29, 0.717) is 44.2 Å². The zero-order valence-corrected chi connectivity index (χ0v) is 47.1. The van der Waals surface area contributed by atoms with Gasteiger partial charge in [-0.3, -0.25) is 0 Å². The van der Waals surface area contributed by atoms with Crippen LogP contribution in [0.4, 0.5) is 0 Å². The Labute approximate surface area is 547 Å². The first-order valence-corrected chi connectivity index (χ1v) is 28.2. The van der Waals surface area contributed by atoms with Crippen molar-refractivity contribution in [2.45, 2.75) is 6.92 Å². The fraction of sp³-hybridized carbons (Fsp3) is 0.0120. The number of hydrogen-bond donors (Lipinski definition) is 0. The molecule has 2 aromatic heterocycles. The smallest absolute Gasteiger partial charge is 0.164 e. The van der Waals surface area contributed by atoms with Crippen molar-refractivity contribution >= 4 is 43.1 Å². The van der Waals surface area contributed by atoms with Gasteiger partial charge in [0.1, 0.15) is 0 Å². The maximum atomic E-state index is 9.29. The number of rotatable bonds is 10. The molecule has 0 unspecified atom stereocenters. The maximum Gasteiger partial charge on any atom is 0.164 e. The molecule has 16 rings (SSSR count). The molecule has 0 spiro atoms. The van der Waals surface area contributed by atoms with Crippen LogP contribution in [-0.4, -0.2) is 29.9 Å². The molecular weight excluding hydrogens is 1080 g/mol. The lowest BCUT2D eigenvalue weighted by molar-refractivity contribution is 1.07. The number of aromatic nitrogens is 6. The van der Waals surface area contributed by atoms with Crippen molar-refractivity contribution in [3.63, 3.8) is 0 Å². The summed E-state index contributed by atoms with van der Waals surface area (Å²) in [5.74, 6) is -0.0443. The summed E-state index contributed by atoms with van der Waals surface area (Å²) in [7, 11) is 0. The van der Waals surface area contributed by atoms with Crippen molar-refractivity contribution in [3.05, 3.63) is 327 Å². The monoisotopic (exact) mass is 1160 g/mol. The summed E-state index contributed by atoms with van der Waals surface area (Å²) in [4.78, 5) is 27.9. The fourth-order valence-corrected chi connectivity index (χ4v) is 10.5. The van der Waals surface area contributed by atoms with Crippen LogP contribution in [-0.2, 0) is 0 Å². The van der Waals surface area contributed by atoms with E-state index in [1.165, 1.54) is 23.8 Å². The van der Waals surface area contributed by atoms with Gasteiger partial charge in [0.2, 0.25) is 0 Å². The predicted molar refractivity (Wildman–Crippen MR) is 369 cm³/mol. The highest BCUT2D eigenvalue weighted by Gasteiger charge is 2.19. The summed E-state index contributed by atoms with van der Waals surface area (Å²) in [6.07, 6.45) is 0. The molecule has 6 nitrogen and oxygen atoms in total. The van der Waals surface area contributed by atoms with Crippen molar-refractivity contribution < 1.29 is 30.2 Å². The van der Waals surface area contributed by atoms with Gasteiger partial charge in [0.05, 0.1) is 30.2 Å². The molecular formula is C83H56N6. The van der Waals surface area contributed by atoms with Gasteiger partial charge in [-0.15, -0.1) is 0 Å². The molecule has 0 radical (unpaired) electrons. The van der Waals surface area contributed by atoms with E-state index in [2.05, 4.69) is 68.5 Å². The van der Waals surface area contributed by atoms with Gasteiger partial charge in [0.15, 0.2) is 34.9 Å². The Kier molecular flexibility index (Phi) is 9.38. The van der Waals surface area contributed by atoms with Crippen LogP contribution in [0, 0.1) is 6.92 Å². The lowest BCUT2D eigenvalue weighted by Crippen LogP contribution is -2.01. The Morgan fingerprint density at radius 2 is 0.618 bits per heavy atom. The minimum atomic E-state index is -0.597. The summed E-state index contributed by atoms with van der Waals surface area (Å²) in [6, 6.07) is 48.9. The number of hydrogen-bond acceptors (Lipinski definition) is 6. The first kappa shape index (κ1) is 34.9. The van der Waals surface area contributed by atoms with Crippen LogP contribution in [0.15, 0.2) is 321 Å². The van der Waals surface area contributed by atoms with E-state index in [4.69, 9.17) is 37.4 Å². The summed E-state index contributed by atoms with van der Waals surface area (Å²) < 4.78 is 188. The number of fused-ring (bicyclic) bond motifs is 4. The summed E-state index contributed by atoms with van der Waals surface area (Å²) in [6.45, 7) is 1.52. The molecule has 0 atom stereocenters. The van der Waals surface area contributed by atoms with E-state index in [1.54, 1.807) is 72.8 Å². The molecule has 6 heteroatoms. The summed E-state index contributed by atoms with van der Waals surface area (Å²) in [5.41, 5.74) is 5.78. The Morgan fingerprint density at radius 3 is 1.18 bits per heavy atom. The quantitative estimate of drug-likeness (QED) is 0.136. The molecule has 0 N–H and O–H groups in total. The van der Waals surface area contributed by atoms with Crippen LogP contribution < -0.4 is 0 Å². The molecule has 2 heterocycles. The second kappa shape index (κ2) is 23.9. The molecule has 14 aromatic carbocycles. The van der Waals surface area contributed by atoms with Crippen molar-refractivity contribution in [2.75, 3.05) is 0 Å². The van der Waals surface area contributed by atoms with Gasteiger partial charge in [0, 0.05) is 33.4 Å². The van der Waals surface area contributed by atoms with Crippen LogP contribution in [0.2, 0.25) is 0 Å². The van der Waals surface area contributed by atoms with Gasteiger partial charge in [-0.05, 0) is 137 Å². The highest BCUT2D eigenvalue weighted by Crippen LogP contribution is 2.38. The lowest BCUT2D eigenvalue weighted by atomic mass is 9.93. The van der Waals surface area contributed by atoms with Crippen LogP contribution in [0.25, 0.3) is 156 Å². The van der Waals surface area contributed by atoms with E-state index in [-0.39, 0.29) is 121 Å². The van der Waals surface area contributed by atoms with Crippen molar-refractivity contribution in [1.29, 1.82) is 0 Å². The topological polar surface area (TPSA) is 77.3 Å².